The van der Waals surface area contributed by atoms with Gasteiger partial charge < -0.3 is 29.3 Å². The summed E-state index contributed by atoms with van der Waals surface area (Å²) in [6.07, 6.45) is 8.42. The van der Waals surface area contributed by atoms with Crippen LogP contribution >= 0.6 is 0 Å². The summed E-state index contributed by atoms with van der Waals surface area (Å²) in [5.41, 5.74) is 0.0561. The lowest BCUT2D eigenvalue weighted by Gasteiger charge is -2.29. The molecule has 1 saturated heterocycles. The number of methoxy groups -OCH3 is 1. The Kier molecular flexibility index (Phi) is 12.9. The highest BCUT2D eigenvalue weighted by atomic mass is 32.2. The molecule has 0 spiro atoms. The van der Waals surface area contributed by atoms with E-state index in [-0.39, 0.29) is 62.4 Å². The molecular formula is C45H59N7O10S. The SMILES string of the molecule is COc1ccc2c(O[C@@H]3C[C@H]4C(=O)C[C@]5(C(=O)NS(=O)(=O)C6(C)CC6)C[C@H]5/C=C\CCCCC[C@H](NC(=O)c5ccn(CC(=O)N(C)C)n5)C(=O)N4C3)cc(OC(C)C)nc2c1C. The largest absolute Gasteiger partial charge is 0.496 e. The van der Waals surface area contributed by atoms with Crippen molar-refractivity contribution in [2.75, 3.05) is 27.7 Å². The summed E-state index contributed by atoms with van der Waals surface area (Å²) in [5.74, 6) is -1.46. The zero-order chi connectivity index (χ0) is 45.4. The Hall–Kier alpha value is -5.52. The van der Waals surface area contributed by atoms with Gasteiger partial charge in [0.25, 0.3) is 5.91 Å². The lowest BCUT2D eigenvalue weighted by atomic mass is 9.91. The van der Waals surface area contributed by atoms with Gasteiger partial charge in [-0.15, -0.1) is 0 Å². The molecule has 17 nitrogen and oxygen atoms in total. The second-order valence-corrected chi connectivity index (χ2v) is 20.4. The molecule has 2 aliphatic heterocycles. The Balaban J connectivity index is 1.22. The number of aromatic nitrogens is 3. The molecule has 4 aliphatic rings. The van der Waals surface area contributed by atoms with Gasteiger partial charge in [0.1, 0.15) is 35.9 Å². The van der Waals surface area contributed by atoms with Crippen LogP contribution < -0.4 is 24.2 Å². The van der Waals surface area contributed by atoms with E-state index in [2.05, 4.69) is 15.1 Å². The summed E-state index contributed by atoms with van der Waals surface area (Å²) in [5, 5.41) is 7.83. The number of aryl methyl sites for hydroxylation is 1. The first-order valence-electron chi connectivity index (χ1n) is 21.8. The molecule has 2 aliphatic carbocycles. The van der Waals surface area contributed by atoms with Crippen molar-refractivity contribution >= 4 is 50.3 Å². The monoisotopic (exact) mass is 889 g/mol. The predicted octanol–water partition coefficient (Wildman–Crippen LogP) is 4.25. The number of fused-ring (bicyclic) bond motifs is 3. The van der Waals surface area contributed by atoms with Crippen LogP contribution in [0.5, 0.6) is 17.4 Å². The topological polar surface area (TPSA) is 208 Å². The maximum atomic E-state index is 14.9. The quantitative estimate of drug-likeness (QED) is 0.245. The van der Waals surface area contributed by atoms with Gasteiger partial charge in [-0.25, -0.2) is 13.4 Å². The molecule has 2 N–H and O–H groups in total. The van der Waals surface area contributed by atoms with Crippen LogP contribution in [-0.4, -0.2) is 119 Å². The smallest absolute Gasteiger partial charge is 0.272 e. The van der Waals surface area contributed by atoms with Crippen LogP contribution in [0, 0.1) is 18.3 Å². The molecule has 18 heteroatoms. The first-order valence-corrected chi connectivity index (χ1v) is 23.3. The Bertz CT molecular complexity index is 2430. The highest BCUT2D eigenvalue weighted by Gasteiger charge is 2.62. The average molecular weight is 890 g/mol. The van der Waals surface area contributed by atoms with Crippen LogP contribution in [-0.2, 0) is 35.7 Å². The van der Waals surface area contributed by atoms with E-state index in [9.17, 15) is 32.4 Å². The summed E-state index contributed by atoms with van der Waals surface area (Å²) in [6.45, 7) is 7.14. The molecule has 1 aromatic carbocycles. The number of Topliss-reactive ketones (excluding diaryl/α,β-unsaturated/α-hetero) is 1. The fourth-order valence-corrected chi connectivity index (χ4v) is 9.86. The molecule has 0 unspecified atom stereocenters. The van der Waals surface area contributed by atoms with E-state index in [1.807, 2.05) is 45.1 Å². The molecule has 3 fully saturated rings. The molecule has 340 valence electrons. The number of ketones is 1. The van der Waals surface area contributed by atoms with Crippen molar-refractivity contribution in [1.29, 1.82) is 0 Å². The lowest BCUT2D eigenvalue weighted by Crippen LogP contribution is -2.52. The number of carbonyl (C=O) groups excluding carboxylic acids is 5. The van der Waals surface area contributed by atoms with Crippen molar-refractivity contribution in [3.05, 3.63) is 53.9 Å². The number of nitrogens with one attached hydrogen (secondary N) is 2. The summed E-state index contributed by atoms with van der Waals surface area (Å²) in [6, 6.07) is 4.67. The van der Waals surface area contributed by atoms with Crippen LogP contribution in [0.2, 0.25) is 0 Å². The first kappa shape index (κ1) is 45.5. The van der Waals surface area contributed by atoms with Gasteiger partial charge in [-0.1, -0.05) is 25.0 Å². The van der Waals surface area contributed by atoms with Gasteiger partial charge in [0.15, 0.2) is 5.78 Å². The lowest BCUT2D eigenvalue weighted by molar-refractivity contribution is -0.140. The number of ether oxygens (including phenoxy) is 3. The van der Waals surface area contributed by atoms with Gasteiger partial charge in [-0.2, -0.15) is 5.10 Å². The highest BCUT2D eigenvalue weighted by Crippen LogP contribution is 2.57. The van der Waals surface area contributed by atoms with Crippen LogP contribution in [0.25, 0.3) is 10.9 Å². The molecular weight excluding hydrogens is 831 g/mol. The summed E-state index contributed by atoms with van der Waals surface area (Å²) >= 11 is 0. The van der Waals surface area contributed by atoms with E-state index in [1.54, 1.807) is 34.2 Å². The minimum absolute atomic E-state index is 0.0179. The van der Waals surface area contributed by atoms with Crippen molar-refractivity contribution in [2.45, 2.75) is 127 Å². The predicted molar refractivity (Wildman–Crippen MR) is 233 cm³/mol. The van der Waals surface area contributed by atoms with Gasteiger partial charge in [-0.05, 0) is 90.3 Å². The van der Waals surface area contributed by atoms with E-state index in [4.69, 9.17) is 19.2 Å². The second kappa shape index (κ2) is 17.9. The van der Waals surface area contributed by atoms with Crippen molar-refractivity contribution < 1.29 is 46.6 Å². The van der Waals surface area contributed by atoms with Crippen LogP contribution in [0.15, 0.2) is 42.6 Å². The molecule has 2 saturated carbocycles. The minimum atomic E-state index is -4.00. The van der Waals surface area contributed by atoms with E-state index in [1.165, 1.54) is 26.7 Å². The molecule has 2 aromatic heterocycles. The molecule has 63 heavy (non-hydrogen) atoms. The Morgan fingerprint density at radius 2 is 1.83 bits per heavy atom. The van der Waals surface area contributed by atoms with Crippen molar-refractivity contribution in [2.24, 2.45) is 11.3 Å². The number of sulfonamides is 1. The number of pyridine rings is 1. The average Bonchev–Trinajstić information content (AvgIpc) is 4.01. The van der Waals surface area contributed by atoms with Gasteiger partial charge in [0.2, 0.25) is 33.6 Å². The van der Waals surface area contributed by atoms with Gasteiger partial charge in [0.05, 0.1) is 41.5 Å². The van der Waals surface area contributed by atoms with Gasteiger partial charge in [0, 0.05) is 50.1 Å². The molecule has 5 atom stereocenters. The number of amides is 4. The Morgan fingerprint density at radius 3 is 2.52 bits per heavy atom. The van der Waals surface area contributed by atoms with Gasteiger partial charge >= 0.3 is 0 Å². The Morgan fingerprint density at radius 1 is 1.06 bits per heavy atom. The fraction of sp³-hybridized carbons (Fsp3) is 0.578. The number of rotatable bonds is 12. The summed E-state index contributed by atoms with van der Waals surface area (Å²) < 4.78 is 47.6. The molecule has 0 radical (unpaired) electrons. The normalized spacial score (nSPS) is 25.2. The second-order valence-electron chi connectivity index (χ2n) is 18.2. The van der Waals surface area contributed by atoms with E-state index < -0.39 is 61.9 Å². The third-order valence-corrected chi connectivity index (χ3v) is 15.0. The number of likely N-dealkylation sites (N-methyl/N-ethyl adjacent to an activating group) is 1. The van der Waals surface area contributed by atoms with Crippen molar-refractivity contribution in [3.63, 3.8) is 0 Å². The van der Waals surface area contributed by atoms with Gasteiger partial charge in [-0.3, -0.25) is 33.4 Å². The third kappa shape index (κ3) is 9.70. The first-order chi connectivity index (χ1) is 29.8. The fourth-order valence-electron chi connectivity index (χ4n) is 8.53. The number of allylic oxidation sites excluding steroid dienone is 2. The van der Waals surface area contributed by atoms with Crippen LogP contribution in [0.3, 0.4) is 0 Å². The summed E-state index contributed by atoms with van der Waals surface area (Å²) in [7, 11) is 0.821. The third-order valence-electron chi connectivity index (χ3n) is 12.8. The van der Waals surface area contributed by atoms with E-state index in [0.717, 1.165) is 18.4 Å². The summed E-state index contributed by atoms with van der Waals surface area (Å²) in [4.78, 5) is 77.5. The van der Waals surface area contributed by atoms with E-state index >= 15 is 0 Å². The molecule has 4 amide bonds. The maximum absolute atomic E-state index is 14.9. The maximum Gasteiger partial charge on any atom is 0.272 e. The molecule has 7 rings (SSSR count). The minimum Gasteiger partial charge on any atom is -0.496 e. The number of benzene rings is 1. The number of hydrogen-bond donors (Lipinski definition) is 2. The Labute approximate surface area is 368 Å². The standard InChI is InChI=1S/C45H59N7O10S/c1-27(2)61-38-22-37(31-15-16-36(60-7)28(3)40(31)47-38)62-30-21-34-35(53)24-45(43(57)49-63(58,59)44(4)18-19-44)23-29(45)13-11-9-8-10-12-14-33(42(56)52(34)25-30)46-41(55)32-17-20-51(48-32)26-39(54)50(5)6/h11,13,15-17,20,22,27,29-30,33-34H,8-10,12,14,18-19,21,23-26H2,1-7H3,(H,46,55)(H,49,57)/b13-11-/t29-,30-,33+,34+,45-/m1/s1. The highest BCUT2D eigenvalue weighted by molar-refractivity contribution is 7.91. The van der Waals surface area contributed by atoms with E-state index in [0.29, 0.717) is 54.0 Å². The van der Waals surface area contributed by atoms with Crippen molar-refractivity contribution in [1.82, 2.24) is 34.6 Å². The number of nitrogens with zero attached hydrogens (tertiary/aromatic N) is 5. The van der Waals surface area contributed by atoms with Crippen LogP contribution in [0.4, 0.5) is 0 Å². The zero-order valence-corrected chi connectivity index (χ0v) is 38.0. The molecule has 3 aromatic rings. The van der Waals surface area contributed by atoms with Crippen LogP contribution in [0.1, 0.15) is 101 Å². The number of hydrogen-bond acceptors (Lipinski definition) is 12. The molecule has 0 bridgehead atoms. The van der Waals surface area contributed by atoms with Crippen molar-refractivity contribution in [3.8, 4) is 17.4 Å². The number of carbonyl (C=O) groups is 5. The molecule has 4 heterocycles. The zero-order valence-electron chi connectivity index (χ0n) is 37.1.